The minimum Gasteiger partial charge on any atom is -0.400 e. The molecule has 0 aromatic carbocycles. The molecule has 0 unspecified atom stereocenters. The van der Waals surface area contributed by atoms with Gasteiger partial charge in [0, 0.05) is 11.8 Å². The van der Waals surface area contributed by atoms with Crippen molar-refractivity contribution in [3.63, 3.8) is 0 Å². The van der Waals surface area contributed by atoms with E-state index in [-0.39, 0.29) is 18.3 Å². The highest BCUT2D eigenvalue weighted by Crippen LogP contribution is 2.36. The lowest BCUT2D eigenvalue weighted by atomic mass is 9.89. The molecule has 0 amide bonds. The van der Waals surface area contributed by atoms with E-state index in [0.717, 1.165) is 5.56 Å². The van der Waals surface area contributed by atoms with E-state index in [1.807, 2.05) is 45.9 Å². The van der Waals surface area contributed by atoms with Crippen molar-refractivity contribution in [3.05, 3.63) is 23.9 Å². The van der Waals surface area contributed by atoms with Gasteiger partial charge in [0.15, 0.2) is 0 Å². The summed E-state index contributed by atoms with van der Waals surface area (Å²) in [5.41, 5.74) is 0.450. The maximum Gasteiger partial charge on any atom is 0.487 e. The highest BCUT2D eigenvalue weighted by atomic mass is 16.7. The van der Waals surface area contributed by atoms with Crippen LogP contribution < -0.4 is 0 Å². The van der Waals surface area contributed by atoms with Gasteiger partial charge < -0.3 is 9.31 Å². The van der Waals surface area contributed by atoms with Crippen LogP contribution in [0, 0.1) is 0 Å². The molecule has 2 heterocycles. The molecule has 1 fully saturated rings. The van der Waals surface area contributed by atoms with Crippen molar-refractivity contribution in [2.24, 2.45) is 0 Å². The molecule has 1 aromatic heterocycles. The van der Waals surface area contributed by atoms with Gasteiger partial charge in [0.1, 0.15) is 0 Å². The van der Waals surface area contributed by atoms with Crippen LogP contribution in [0.2, 0.25) is 0 Å². The summed E-state index contributed by atoms with van der Waals surface area (Å²) in [6, 6.07) is 0. The molecule has 86 valence electrons. The topological polar surface area (TPSA) is 47.1 Å². The second-order valence-corrected chi connectivity index (χ2v) is 5.02. The van der Waals surface area contributed by atoms with Gasteiger partial charge in [-0.05, 0) is 27.7 Å². The Kier molecular flexibility index (Phi) is 2.68. The van der Waals surface area contributed by atoms with Crippen molar-refractivity contribution in [1.82, 2.24) is 10.2 Å². The predicted octanol–water partition coefficient (Wildman–Crippen LogP) is 2.05. The quantitative estimate of drug-likeness (QED) is 0.776. The van der Waals surface area contributed by atoms with E-state index in [0.29, 0.717) is 0 Å². The minimum absolute atomic E-state index is 0.279. The second-order valence-electron chi connectivity index (χ2n) is 5.02. The highest BCUT2D eigenvalue weighted by Gasteiger charge is 2.49. The molecule has 1 saturated heterocycles. The fourth-order valence-corrected chi connectivity index (χ4v) is 1.51. The number of H-pyrrole nitrogens is 1. The lowest BCUT2D eigenvalue weighted by Crippen LogP contribution is -2.41. The summed E-state index contributed by atoms with van der Waals surface area (Å²) in [5.74, 6) is 1.90. The molecular weight excluding hydrogens is 203 g/mol. The maximum absolute atomic E-state index is 5.82. The Morgan fingerprint density at radius 2 is 1.88 bits per heavy atom. The van der Waals surface area contributed by atoms with Crippen LogP contribution in [-0.2, 0) is 9.31 Å². The van der Waals surface area contributed by atoms with Crippen molar-refractivity contribution in [1.29, 1.82) is 0 Å². The lowest BCUT2D eigenvalue weighted by molar-refractivity contribution is 0.00578. The normalized spacial score (nSPS) is 23.1. The molecule has 2 rings (SSSR count). The van der Waals surface area contributed by atoms with Gasteiger partial charge in [0.25, 0.3) is 0 Å². The monoisotopic (exact) mass is 220 g/mol. The third-order valence-corrected chi connectivity index (χ3v) is 3.24. The van der Waals surface area contributed by atoms with Crippen molar-refractivity contribution in [2.45, 2.75) is 38.9 Å². The van der Waals surface area contributed by atoms with Crippen molar-refractivity contribution in [2.75, 3.05) is 0 Å². The SMILES string of the molecule is CC1(C)OB(/C=C/c2cn[nH]c2)OC1(C)C. The third kappa shape index (κ3) is 2.06. The zero-order valence-corrected chi connectivity index (χ0v) is 10.2. The first kappa shape index (κ1) is 11.4. The molecule has 0 spiro atoms. The Hall–Kier alpha value is -1.07. The van der Waals surface area contributed by atoms with Gasteiger partial charge >= 0.3 is 7.12 Å². The van der Waals surface area contributed by atoms with Gasteiger partial charge in [0.2, 0.25) is 0 Å². The van der Waals surface area contributed by atoms with Gasteiger partial charge in [-0.25, -0.2) is 0 Å². The van der Waals surface area contributed by atoms with Crippen molar-refractivity contribution in [3.8, 4) is 0 Å². The first-order valence-corrected chi connectivity index (χ1v) is 5.43. The van der Waals surface area contributed by atoms with Gasteiger partial charge in [-0.2, -0.15) is 5.10 Å². The molecule has 5 heteroatoms. The Morgan fingerprint density at radius 1 is 1.25 bits per heavy atom. The number of nitrogens with one attached hydrogen (secondary N) is 1. The number of hydrogen-bond acceptors (Lipinski definition) is 3. The van der Waals surface area contributed by atoms with E-state index in [2.05, 4.69) is 10.2 Å². The first-order chi connectivity index (χ1) is 7.41. The number of rotatable bonds is 2. The molecule has 16 heavy (non-hydrogen) atoms. The van der Waals surface area contributed by atoms with Crippen LogP contribution in [0.3, 0.4) is 0 Å². The Labute approximate surface area is 96.2 Å². The summed E-state index contributed by atoms with van der Waals surface area (Å²) >= 11 is 0. The molecular formula is C11H17BN2O2. The summed E-state index contributed by atoms with van der Waals surface area (Å²) in [5, 5.41) is 6.62. The summed E-state index contributed by atoms with van der Waals surface area (Å²) in [7, 11) is -0.292. The fourth-order valence-electron chi connectivity index (χ4n) is 1.51. The molecule has 1 aromatic rings. The molecule has 1 N–H and O–H groups in total. The smallest absolute Gasteiger partial charge is 0.400 e. The standard InChI is InChI=1S/C11H17BN2O2/c1-10(2)11(3,4)16-12(15-10)6-5-9-7-13-14-8-9/h5-8H,1-4H3,(H,13,14)/b6-5+. The zero-order chi connectivity index (χ0) is 11.8. The van der Waals surface area contributed by atoms with Crippen LogP contribution >= 0.6 is 0 Å². The summed E-state index contributed by atoms with van der Waals surface area (Å²) in [6.07, 6.45) is 5.51. The number of aromatic amines is 1. The van der Waals surface area contributed by atoms with Gasteiger partial charge in [-0.1, -0.05) is 12.1 Å². The number of nitrogens with zero attached hydrogens (tertiary/aromatic N) is 1. The third-order valence-electron chi connectivity index (χ3n) is 3.24. The van der Waals surface area contributed by atoms with Crippen LogP contribution in [0.25, 0.3) is 6.08 Å². The summed E-state index contributed by atoms with van der Waals surface area (Å²) < 4.78 is 11.6. The van der Waals surface area contributed by atoms with E-state index in [1.54, 1.807) is 6.20 Å². The summed E-state index contributed by atoms with van der Waals surface area (Å²) in [6.45, 7) is 8.16. The Balaban J connectivity index is 2.05. The highest BCUT2D eigenvalue weighted by molar-refractivity contribution is 6.52. The van der Waals surface area contributed by atoms with Crippen molar-refractivity contribution >= 4 is 13.2 Å². The molecule has 1 aliphatic heterocycles. The predicted molar refractivity (Wildman–Crippen MR) is 63.7 cm³/mol. The molecule has 0 radical (unpaired) electrons. The van der Waals surface area contributed by atoms with Crippen LogP contribution in [0.4, 0.5) is 0 Å². The molecule has 0 atom stereocenters. The number of hydrogen-bond donors (Lipinski definition) is 1. The second kappa shape index (κ2) is 3.75. The average molecular weight is 220 g/mol. The van der Waals surface area contributed by atoms with E-state index in [1.165, 1.54) is 0 Å². The van der Waals surface area contributed by atoms with Crippen LogP contribution in [-0.4, -0.2) is 28.5 Å². The number of aromatic nitrogens is 2. The molecule has 0 saturated carbocycles. The molecule has 0 bridgehead atoms. The lowest BCUT2D eigenvalue weighted by Gasteiger charge is -2.32. The summed E-state index contributed by atoms with van der Waals surface area (Å²) in [4.78, 5) is 0. The fraction of sp³-hybridized carbons (Fsp3) is 0.545. The van der Waals surface area contributed by atoms with Crippen molar-refractivity contribution < 1.29 is 9.31 Å². The minimum atomic E-state index is -0.292. The zero-order valence-electron chi connectivity index (χ0n) is 10.2. The van der Waals surface area contributed by atoms with Crippen LogP contribution in [0.1, 0.15) is 33.3 Å². The average Bonchev–Trinajstić information content (AvgIpc) is 2.70. The van der Waals surface area contributed by atoms with Gasteiger partial charge in [-0.3, -0.25) is 5.10 Å². The van der Waals surface area contributed by atoms with Crippen LogP contribution in [0.15, 0.2) is 18.4 Å². The Bertz CT molecular complexity index is 369. The van der Waals surface area contributed by atoms with E-state index in [4.69, 9.17) is 9.31 Å². The van der Waals surface area contributed by atoms with Gasteiger partial charge in [0.05, 0.1) is 17.4 Å². The molecule has 1 aliphatic rings. The van der Waals surface area contributed by atoms with E-state index in [9.17, 15) is 0 Å². The van der Waals surface area contributed by atoms with E-state index >= 15 is 0 Å². The molecule has 4 nitrogen and oxygen atoms in total. The Morgan fingerprint density at radius 3 is 2.38 bits per heavy atom. The van der Waals surface area contributed by atoms with Gasteiger partial charge in [-0.15, -0.1) is 0 Å². The van der Waals surface area contributed by atoms with E-state index < -0.39 is 0 Å². The largest absolute Gasteiger partial charge is 0.487 e. The first-order valence-electron chi connectivity index (χ1n) is 5.43. The van der Waals surface area contributed by atoms with Crippen LogP contribution in [0.5, 0.6) is 0 Å². The maximum atomic E-state index is 5.82. The molecule has 0 aliphatic carbocycles.